The third-order valence-electron chi connectivity index (χ3n) is 8.52. The molecule has 0 fully saturated rings. The average Bonchev–Trinajstić information content (AvgIpc) is 3.34. The van der Waals surface area contributed by atoms with E-state index < -0.39 is 0 Å². The van der Waals surface area contributed by atoms with E-state index in [1.165, 1.54) is 33.4 Å². The number of allylic oxidation sites excluding steroid dienone is 4. The molecule has 1 aromatic heterocycles. The zero-order valence-electron chi connectivity index (χ0n) is 21.7. The van der Waals surface area contributed by atoms with Gasteiger partial charge in [0.2, 0.25) is 0 Å². The molecule has 39 heavy (non-hydrogen) atoms. The van der Waals surface area contributed by atoms with Crippen LogP contribution in [0.5, 0.6) is 0 Å². The first kappa shape index (κ1) is 22.3. The molecule has 2 nitrogen and oxygen atoms in total. The van der Waals surface area contributed by atoms with Crippen molar-refractivity contribution in [3.63, 3.8) is 0 Å². The highest BCUT2D eigenvalue weighted by Gasteiger charge is 2.33. The molecule has 2 heteroatoms. The molecule has 0 amide bonds. The zero-order chi connectivity index (χ0) is 25.8. The Kier molecular flexibility index (Phi) is 5.12. The number of nitrogens with zero attached hydrogens (tertiary/aromatic N) is 2. The Hall–Kier alpha value is -4.69. The Balaban J connectivity index is 1.16. The summed E-state index contributed by atoms with van der Waals surface area (Å²) >= 11 is 0. The number of hydrogen-bond acceptors (Lipinski definition) is 2. The lowest BCUT2D eigenvalue weighted by molar-refractivity contribution is 0.809. The summed E-state index contributed by atoms with van der Waals surface area (Å²) < 4.78 is 0. The van der Waals surface area contributed by atoms with Crippen LogP contribution in [-0.2, 0) is 0 Å². The molecule has 0 bridgehead atoms. The van der Waals surface area contributed by atoms with E-state index in [0.29, 0.717) is 11.8 Å². The van der Waals surface area contributed by atoms with Crippen molar-refractivity contribution in [2.45, 2.75) is 24.7 Å². The molecule has 0 aliphatic heterocycles. The molecule has 2 atom stereocenters. The van der Waals surface area contributed by atoms with Crippen LogP contribution in [0.1, 0.15) is 46.9 Å². The summed E-state index contributed by atoms with van der Waals surface area (Å²) in [5, 5.41) is 1.15. The molecule has 0 saturated carbocycles. The van der Waals surface area contributed by atoms with Gasteiger partial charge < -0.3 is 0 Å². The molecule has 8 rings (SSSR count). The van der Waals surface area contributed by atoms with Crippen molar-refractivity contribution < 1.29 is 0 Å². The monoisotopic (exact) mass is 500 g/mol. The van der Waals surface area contributed by atoms with Crippen LogP contribution in [0.3, 0.4) is 0 Å². The Morgan fingerprint density at radius 3 is 2.41 bits per heavy atom. The fourth-order valence-corrected chi connectivity index (χ4v) is 6.72. The lowest BCUT2D eigenvalue weighted by atomic mass is 9.79. The summed E-state index contributed by atoms with van der Waals surface area (Å²) in [5.74, 6) is 1.77. The summed E-state index contributed by atoms with van der Waals surface area (Å²) in [7, 11) is 0. The van der Waals surface area contributed by atoms with E-state index in [9.17, 15) is 0 Å². The van der Waals surface area contributed by atoms with Gasteiger partial charge in [0.15, 0.2) is 0 Å². The molecule has 2 unspecified atom stereocenters. The van der Waals surface area contributed by atoms with Gasteiger partial charge in [0.25, 0.3) is 0 Å². The molecule has 0 N–H and O–H groups in total. The van der Waals surface area contributed by atoms with Gasteiger partial charge in [-0.25, -0.2) is 4.98 Å². The largest absolute Gasteiger partial charge is 0.295 e. The van der Waals surface area contributed by atoms with E-state index >= 15 is 0 Å². The van der Waals surface area contributed by atoms with Gasteiger partial charge in [-0.2, -0.15) is 0 Å². The number of benzene rings is 4. The summed E-state index contributed by atoms with van der Waals surface area (Å²) in [6, 6.07) is 36.9. The summed E-state index contributed by atoms with van der Waals surface area (Å²) in [6.45, 7) is 0. The molecule has 0 saturated heterocycles. The van der Waals surface area contributed by atoms with Gasteiger partial charge in [-0.05, 0) is 82.6 Å². The first-order chi connectivity index (χ1) is 19.3. The second kappa shape index (κ2) is 8.96. The van der Waals surface area contributed by atoms with Gasteiger partial charge in [0.1, 0.15) is 5.82 Å². The molecular weight excluding hydrogens is 472 g/mol. The Bertz CT molecular complexity index is 1830. The highest BCUT2D eigenvalue weighted by molar-refractivity contribution is 5.85. The Labute approximate surface area is 229 Å². The van der Waals surface area contributed by atoms with E-state index in [0.717, 1.165) is 40.9 Å². The highest BCUT2D eigenvalue weighted by Crippen LogP contribution is 2.52. The van der Waals surface area contributed by atoms with E-state index in [1.807, 2.05) is 0 Å². The topological polar surface area (TPSA) is 16.1 Å². The van der Waals surface area contributed by atoms with Gasteiger partial charge in [-0.1, -0.05) is 97.1 Å². The van der Waals surface area contributed by atoms with Crippen molar-refractivity contribution in [1.82, 2.24) is 4.98 Å². The summed E-state index contributed by atoms with van der Waals surface area (Å²) in [4.78, 5) is 7.32. The third kappa shape index (κ3) is 3.59. The van der Waals surface area contributed by atoms with Crippen molar-refractivity contribution in [1.29, 1.82) is 0 Å². The van der Waals surface area contributed by atoms with Gasteiger partial charge in [-0.15, -0.1) is 0 Å². The van der Waals surface area contributed by atoms with Crippen LogP contribution < -0.4 is 4.90 Å². The molecule has 0 radical (unpaired) electrons. The molecule has 0 spiro atoms. The van der Waals surface area contributed by atoms with E-state index in [1.54, 1.807) is 0 Å². The predicted octanol–water partition coefficient (Wildman–Crippen LogP) is 9.53. The smallest absolute Gasteiger partial charge is 0.138 e. The minimum absolute atomic E-state index is 0.350. The fourth-order valence-electron chi connectivity index (χ4n) is 6.72. The van der Waals surface area contributed by atoms with Crippen LogP contribution in [0.2, 0.25) is 0 Å². The molecule has 1 heterocycles. The first-order valence-electron chi connectivity index (χ1n) is 13.9. The Morgan fingerprint density at radius 1 is 0.667 bits per heavy atom. The second-order valence-corrected chi connectivity index (χ2v) is 10.7. The van der Waals surface area contributed by atoms with Gasteiger partial charge in [0, 0.05) is 28.6 Å². The molecule has 4 aromatic carbocycles. The average molecular weight is 501 g/mol. The van der Waals surface area contributed by atoms with Crippen LogP contribution >= 0.6 is 0 Å². The highest BCUT2D eigenvalue weighted by atomic mass is 15.2. The molecule has 5 aromatic rings. The normalized spacial score (nSPS) is 18.5. The number of aromatic nitrogens is 1. The first-order valence-corrected chi connectivity index (χ1v) is 13.9. The van der Waals surface area contributed by atoms with Crippen molar-refractivity contribution in [3.8, 4) is 11.1 Å². The van der Waals surface area contributed by atoms with Crippen LogP contribution in [-0.4, -0.2) is 4.98 Å². The maximum Gasteiger partial charge on any atom is 0.138 e. The number of pyridine rings is 1. The minimum Gasteiger partial charge on any atom is -0.295 e. The summed E-state index contributed by atoms with van der Waals surface area (Å²) in [5.41, 5.74) is 12.0. The van der Waals surface area contributed by atoms with Crippen molar-refractivity contribution in [3.05, 3.63) is 155 Å². The number of anilines is 2. The standard InChI is InChI=1S/C37H28N2/c1-2-10-27(11-3-1)39(36-24-19-26-9-4-7-16-35(26)38-36)28-20-17-25(18-21-28)29-22-23-34-31-13-6-5-12-30(31)33-15-8-14-32(29)37(33)34/h1-14,16-17,19-25,33H,15,18H2. The maximum absolute atomic E-state index is 5.05. The lowest BCUT2D eigenvalue weighted by Gasteiger charge is -2.29. The van der Waals surface area contributed by atoms with Gasteiger partial charge in [0.05, 0.1) is 5.52 Å². The maximum atomic E-state index is 5.05. The SMILES string of the molecule is C1=Cc2c(C3C=CC(N(c4ccccc4)c4ccc5ccccc5n4)=CC3)ccc3c2C(C1)c1ccccc1-3. The van der Waals surface area contributed by atoms with Crippen molar-refractivity contribution >= 4 is 28.5 Å². The number of hydrogen-bond donors (Lipinski definition) is 0. The summed E-state index contributed by atoms with van der Waals surface area (Å²) in [6.07, 6.45) is 13.9. The van der Waals surface area contributed by atoms with Crippen LogP contribution in [0, 0.1) is 0 Å². The van der Waals surface area contributed by atoms with E-state index in [-0.39, 0.29) is 0 Å². The number of rotatable bonds is 4. The molecule has 186 valence electrons. The molecular formula is C37H28N2. The zero-order valence-corrected chi connectivity index (χ0v) is 21.7. The molecule has 3 aliphatic rings. The molecule has 3 aliphatic carbocycles. The van der Waals surface area contributed by atoms with E-state index in [4.69, 9.17) is 4.98 Å². The second-order valence-electron chi connectivity index (χ2n) is 10.7. The third-order valence-corrected chi connectivity index (χ3v) is 8.52. The quantitative estimate of drug-likeness (QED) is 0.244. The fraction of sp³-hybridized carbons (Fsp3) is 0.108. The lowest BCUT2D eigenvalue weighted by Crippen LogP contribution is -2.18. The van der Waals surface area contributed by atoms with Crippen LogP contribution in [0.25, 0.3) is 28.1 Å². The number of fused-ring (bicyclic) bond motifs is 4. The Morgan fingerprint density at radius 2 is 1.51 bits per heavy atom. The van der Waals surface area contributed by atoms with Crippen molar-refractivity contribution in [2.75, 3.05) is 4.90 Å². The van der Waals surface area contributed by atoms with Crippen LogP contribution in [0.15, 0.2) is 133 Å². The van der Waals surface area contributed by atoms with Gasteiger partial charge >= 0.3 is 0 Å². The van der Waals surface area contributed by atoms with Gasteiger partial charge in [-0.3, -0.25) is 4.90 Å². The number of para-hydroxylation sites is 2. The minimum atomic E-state index is 0.350. The van der Waals surface area contributed by atoms with E-state index in [2.05, 4.69) is 138 Å². The van der Waals surface area contributed by atoms with Crippen LogP contribution in [0.4, 0.5) is 11.5 Å². The van der Waals surface area contributed by atoms with Crippen molar-refractivity contribution in [2.24, 2.45) is 0 Å². The predicted molar refractivity (Wildman–Crippen MR) is 162 cm³/mol.